The van der Waals surface area contributed by atoms with Crippen molar-refractivity contribution in [2.75, 3.05) is 5.73 Å². The summed E-state index contributed by atoms with van der Waals surface area (Å²) in [6, 6.07) is 14.4. The molecule has 0 saturated carbocycles. The number of hydrogen-bond acceptors (Lipinski definition) is 2. The number of nitrogen functional groups attached to an aromatic ring is 1. The van der Waals surface area contributed by atoms with Crippen molar-refractivity contribution >= 4 is 17.1 Å². The van der Waals surface area contributed by atoms with Gasteiger partial charge in [-0.25, -0.2) is 0 Å². The van der Waals surface area contributed by atoms with Crippen LogP contribution in [0.4, 0.5) is 11.4 Å². The van der Waals surface area contributed by atoms with Crippen LogP contribution in [-0.4, -0.2) is 5.71 Å². The van der Waals surface area contributed by atoms with Crippen LogP contribution in [0.2, 0.25) is 0 Å². The third kappa shape index (κ3) is 1.82. The number of nitrogens with zero attached hydrogens (tertiary/aromatic N) is 1. The van der Waals surface area contributed by atoms with Gasteiger partial charge in [0, 0.05) is 12.1 Å². The summed E-state index contributed by atoms with van der Waals surface area (Å²) in [4.78, 5) is 4.65. The van der Waals surface area contributed by atoms with E-state index in [-0.39, 0.29) is 0 Å². The number of benzene rings is 2. The van der Waals surface area contributed by atoms with Gasteiger partial charge in [-0.2, -0.15) is 0 Å². The van der Waals surface area contributed by atoms with Crippen molar-refractivity contribution in [1.29, 1.82) is 0 Å². The van der Waals surface area contributed by atoms with Gasteiger partial charge in [-0.1, -0.05) is 29.8 Å². The molecule has 2 nitrogen and oxygen atoms in total. The van der Waals surface area contributed by atoms with E-state index in [4.69, 9.17) is 5.73 Å². The number of aryl methyl sites for hydroxylation is 1. The third-order valence-corrected chi connectivity index (χ3v) is 3.10. The van der Waals surface area contributed by atoms with Crippen molar-refractivity contribution in [3.05, 3.63) is 59.2 Å². The number of fused-ring (bicyclic) bond motifs is 1. The zero-order chi connectivity index (χ0) is 11.8. The first kappa shape index (κ1) is 10.1. The topological polar surface area (TPSA) is 38.4 Å². The number of anilines is 1. The van der Waals surface area contributed by atoms with Crippen LogP contribution in [0.5, 0.6) is 0 Å². The summed E-state index contributed by atoms with van der Waals surface area (Å²) in [5.74, 6) is 0. The van der Waals surface area contributed by atoms with Crippen molar-refractivity contribution in [3.63, 3.8) is 0 Å². The van der Waals surface area contributed by atoms with Gasteiger partial charge < -0.3 is 5.73 Å². The monoisotopic (exact) mass is 222 g/mol. The van der Waals surface area contributed by atoms with E-state index in [0.717, 1.165) is 23.5 Å². The zero-order valence-electron chi connectivity index (χ0n) is 9.77. The Labute approximate surface area is 101 Å². The van der Waals surface area contributed by atoms with Gasteiger partial charge >= 0.3 is 0 Å². The Kier molecular flexibility index (Phi) is 2.22. The molecule has 2 heteroatoms. The lowest BCUT2D eigenvalue weighted by Gasteiger charge is -2.00. The highest BCUT2D eigenvalue weighted by Gasteiger charge is 2.15. The molecule has 2 aromatic rings. The Hall–Kier alpha value is -2.09. The van der Waals surface area contributed by atoms with Gasteiger partial charge in [0.25, 0.3) is 0 Å². The molecule has 1 aliphatic rings. The molecule has 3 rings (SSSR count). The summed E-state index contributed by atoms with van der Waals surface area (Å²) in [5, 5.41) is 0. The van der Waals surface area contributed by atoms with E-state index in [1.54, 1.807) is 0 Å². The van der Waals surface area contributed by atoms with Crippen molar-refractivity contribution in [2.45, 2.75) is 13.3 Å². The van der Waals surface area contributed by atoms with E-state index in [9.17, 15) is 0 Å². The highest BCUT2D eigenvalue weighted by atomic mass is 14.8. The van der Waals surface area contributed by atoms with Gasteiger partial charge in [-0.05, 0) is 36.2 Å². The van der Waals surface area contributed by atoms with E-state index in [1.165, 1.54) is 16.7 Å². The van der Waals surface area contributed by atoms with Crippen molar-refractivity contribution in [3.8, 4) is 0 Å². The van der Waals surface area contributed by atoms with E-state index < -0.39 is 0 Å². The van der Waals surface area contributed by atoms with Crippen LogP contribution in [0, 0.1) is 6.92 Å². The van der Waals surface area contributed by atoms with E-state index in [2.05, 4.69) is 36.2 Å². The summed E-state index contributed by atoms with van der Waals surface area (Å²) in [6.45, 7) is 2.09. The van der Waals surface area contributed by atoms with E-state index in [1.807, 2.05) is 18.2 Å². The first-order valence-electron chi connectivity index (χ1n) is 5.75. The highest BCUT2D eigenvalue weighted by molar-refractivity contribution is 6.06. The molecule has 0 spiro atoms. The predicted molar refractivity (Wildman–Crippen MR) is 71.9 cm³/mol. The molecule has 1 heterocycles. The number of nitrogens with two attached hydrogens (primary N) is 1. The van der Waals surface area contributed by atoms with Gasteiger partial charge in [0.1, 0.15) is 0 Å². The molecule has 2 aromatic carbocycles. The molecule has 17 heavy (non-hydrogen) atoms. The SMILES string of the molecule is Cc1ccc(C2=Nc3ccc(N)cc3C2)cc1. The fourth-order valence-electron chi connectivity index (χ4n) is 2.13. The minimum absolute atomic E-state index is 0.809. The molecule has 0 fully saturated rings. The maximum absolute atomic E-state index is 5.78. The Bertz CT molecular complexity index is 595. The van der Waals surface area contributed by atoms with Crippen LogP contribution in [0.3, 0.4) is 0 Å². The summed E-state index contributed by atoms with van der Waals surface area (Å²) in [7, 11) is 0. The fourth-order valence-corrected chi connectivity index (χ4v) is 2.13. The summed E-state index contributed by atoms with van der Waals surface area (Å²) in [6.07, 6.45) is 0.878. The maximum Gasteiger partial charge on any atom is 0.0670 e. The number of rotatable bonds is 1. The second kappa shape index (κ2) is 3.74. The lowest BCUT2D eigenvalue weighted by Crippen LogP contribution is -2.00. The van der Waals surface area contributed by atoms with Gasteiger partial charge in [-0.15, -0.1) is 0 Å². The van der Waals surface area contributed by atoms with Gasteiger partial charge in [0.15, 0.2) is 0 Å². The molecule has 1 aliphatic heterocycles. The average Bonchev–Trinajstić information content (AvgIpc) is 2.72. The molecule has 0 unspecified atom stereocenters. The molecule has 0 amide bonds. The standard InChI is InChI=1S/C15H14N2/c1-10-2-4-11(5-3-10)15-9-12-8-13(16)6-7-14(12)17-15/h2-8H,9,16H2,1H3. The normalized spacial score (nSPS) is 13.4. The molecule has 2 N–H and O–H groups in total. The van der Waals surface area contributed by atoms with E-state index >= 15 is 0 Å². The molecular formula is C15H14N2. The lowest BCUT2D eigenvalue weighted by atomic mass is 10.0. The Morgan fingerprint density at radius 2 is 1.82 bits per heavy atom. The van der Waals surface area contributed by atoms with Crippen LogP contribution in [0.1, 0.15) is 16.7 Å². The van der Waals surface area contributed by atoms with Crippen LogP contribution in [0.15, 0.2) is 47.5 Å². The van der Waals surface area contributed by atoms with Crippen LogP contribution in [0.25, 0.3) is 0 Å². The molecule has 0 radical (unpaired) electrons. The minimum atomic E-state index is 0.809. The maximum atomic E-state index is 5.78. The lowest BCUT2D eigenvalue weighted by molar-refractivity contribution is 1.38. The molecule has 0 saturated heterocycles. The van der Waals surface area contributed by atoms with E-state index in [0.29, 0.717) is 0 Å². The smallest absolute Gasteiger partial charge is 0.0670 e. The fraction of sp³-hybridized carbons (Fsp3) is 0.133. The average molecular weight is 222 g/mol. The minimum Gasteiger partial charge on any atom is -0.399 e. The zero-order valence-corrected chi connectivity index (χ0v) is 9.77. The van der Waals surface area contributed by atoms with Crippen molar-refractivity contribution in [2.24, 2.45) is 4.99 Å². The van der Waals surface area contributed by atoms with Crippen LogP contribution in [-0.2, 0) is 6.42 Å². The van der Waals surface area contributed by atoms with Gasteiger partial charge in [0.05, 0.1) is 11.4 Å². The molecule has 0 bridgehead atoms. The molecule has 0 aliphatic carbocycles. The summed E-state index contributed by atoms with van der Waals surface area (Å²) < 4.78 is 0. The number of aliphatic imine (C=N–C) groups is 1. The quantitative estimate of drug-likeness (QED) is 0.739. The second-order valence-corrected chi connectivity index (χ2v) is 4.49. The van der Waals surface area contributed by atoms with Crippen molar-refractivity contribution in [1.82, 2.24) is 0 Å². The van der Waals surface area contributed by atoms with Gasteiger partial charge in [0.2, 0.25) is 0 Å². The van der Waals surface area contributed by atoms with Crippen LogP contribution >= 0.6 is 0 Å². The second-order valence-electron chi connectivity index (χ2n) is 4.49. The molecular weight excluding hydrogens is 208 g/mol. The first-order chi connectivity index (χ1) is 8.22. The van der Waals surface area contributed by atoms with Crippen molar-refractivity contribution < 1.29 is 0 Å². The number of hydrogen-bond donors (Lipinski definition) is 1. The summed E-state index contributed by atoms with van der Waals surface area (Å²) >= 11 is 0. The largest absolute Gasteiger partial charge is 0.399 e. The van der Waals surface area contributed by atoms with Gasteiger partial charge in [-0.3, -0.25) is 4.99 Å². The third-order valence-electron chi connectivity index (χ3n) is 3.10. The van der Waals surface area contributed by atoms with Crippen LogP contribution < -0.4 is 5.73 Å². The highest BCUT2D eigenvalue weighted by Crippen LogP contribution is 2.30. The molecule has 0 aromatic heterocycles. The molecule has 0 atom stereocenters. The Balaban J connectivity index is 1.97. The molecule has 84 valence electrons. The Morgan fingerprint density at radius 1 is 1.06 bits per heavy atom. The first-order valence-corrected chi connectivity index (χ1v) is 5.75. The Morgan fingerprint density at radius 3 is 2.59 bits per heavy atom. The predicted octanol–water partition coefficient (Wildman–Crippen LogP) is 3.25. The summed E-state index contributed by atoms with van der Waals surface area (Å²) in [5.41, 5.74) is 12.5.